The first-order valence-corrected chi connectivity index (χ1v) is 9.04. The molecule has 0 saturated carbocycles. The van der Waals surface area contributed by atoms with E-state index in [1.807, 2.05) is 18.7 Å². The van der Waals surface area contributed by atoms with Crippen molar-refractivity contribution in [3.05, 3.63) is 29.8 Å². The summed E-state index contributed by atoms with van der Waals surface area (Å²) >= 11 is 2.00. The Morgan fingerprint density at radius 3 is 3.19 bits per heavy atom. The van der Waals surface area contributed by atoms with E-state index >= 15 is 0 Å². The van der Waals surface area contributed by atoms with E-state index in [9.17, 15) is 0 Å². The monoisotopic (exact) mass is 307 g/mol. The molecule has 3 rings (SSSR count). The van der Waals surface area contributed by atoms with Crippen LogP contribution >= 0.6 is 11.8 Å². The average molecular weight is 307 g/mol. The molecule has 2 saturated heterocycles. The lowest BCUT2D eigenvalue weighted by atomic mass is 9.91. The number of rotatable bonds is 4. The van der Waals surface area contributed by atoms with Crippen LogP contribution in [0.5, 0.6) is 5.75 Å². The first-order chi connectivity index (χ1) is 10.2. The number of benzene rings is 1. The van der Waals surface area contributed by atoms with Crippen LogP contribution in [-0.4, -0.2) is 35.9 Å². The van der Waals surface area contributed by atoms with Gasteiger partial charge in [-0.1, -0.05) is 12.1 Å². The van der Waals surface area contributed by atoms with Crippen LogP contribution in [0.4, 0.5) is 0 Å². The van der Waals surface area contributed by atoms with Gasteiger partial charge in [0.2, 0.25) is 0 Å². The Balaban J connectivity index is 1.63. The van der Waals surface area contributed by atoms with Crippen molar-refractivity contribution >= 4 is 11.8 Å². The van der Waals surface area contributed by atoms with Gasteiger partial charge in [0.05, 0.1) is 12.2 Å². The summed E-state index contributed by atoms with van der Waals surface area (Å²) in [5.41, 5.74) is 7.21. The van der Waals surface area contributed by atoms with Crippen molar-refractivity contribution in [3.8, 4) is 5.75 Å². The van der Waals surface area contributed by atoms with Gasteiger partial charge in [-0.2, -0.15) is 11.8 Å². The second kappa shape index (κ2) is 6.59. The topological polar surface area (TPSA) is 44.5 Å². The zero-order valence-corrected chi connectivity index (χ0v) is 13.5. The summed E-state index contributed by atoms with van der Waals surface area (Å²) in [6.45, 7) is 2.86. The quantitative estimate of drug-likeness (QED) is 0.929. The van der Waals surface area contributed by atoms with Crippen LogP contribution in [0.15, 0.2) is 24.3 Å². The molecule has 3 atom stereocenters. The average Bonchev–Trinajstić information content (AvgIpc) is 2.86. The Morgan fingerprint density at radius 1 is 1.52 bits per heavy atom. The summed E-state index contributed by atoms with van der Waals surface area (Å²) in [6, 6.07) is 8.55. The molecule has 0 aliphatic carbocycles. The second-order valence-electron chi connectivity index (χ2n) is 6.40. The highest BCUT2D eigenvalue weighted by Crippen LogP contribution is 2.39. The highest BCUT2D eigenvalue weighted by Gasteiger charge is 2.41. The van der Waals surface area contributed by atoms with Crippen LogP contribution in [0.3, 0.4) is 0 Å². The first-order valence-electron chi connectivity index (χ1n) is 7.88. The highest BCUT2D eigenvalue weighted by molar-refractivity contribution is 7.99. The van der Waals surface area contributed by atoms with E-state index < -0.39 is 0 Å². The summed E-state index contributed by atoms with van der Waals surface area (Å²) < 4.78 is 12.3. The van der Waals surface area contributed by atoms with Gasteiger partial charge in [-0.25, -0.2) is 0 Å². The van der Waals surface area contributed by atoms with Gasteiger partial charge < -0.3 is 15.2 Å². The van der Waals surface area contributed by atoms with Crippen LogP contribution in [0.2, 0.25) is 0 Å². The number of ether oxygens (including phenoxy) is 2. The molecule has 2 aliphatic rings. The van der Waals surface area contributed by atoms with E-state index in [-0.39, 0.29) is 17.7 Å². The minimum atomic E-state index is 0.0803. The van der Waals surface area contributed by atoms with Gasteiger partial charge >= 0.3 is 0 Å². The summed E-state index contributed by atoms with van der Waals surface area (Å²) in [7, 11) is 0. The largest absolute Gasteiger partial charge is 0.490 e. The van der Waals surface area contributed by atoms with Gasteiger partial charge in [0.15, 0.2) is 0 Å². The van der Waals surface area contributed by atoms with Crippen molar-refractivity contribution in [3.63, 3.8) is 0 Å². The Bertz CT molecular complexity index is 472. The van der Waals surface area contributed by atoms with Gasteiger partial charge in [0.1, 0.15) is 11.9 Å². The summed E-state index contributed by atoms with van der Waals surface area (Å²) in [5, 5.41) is 0. The molecule has 21 heavy (non-hydrogen) atoms. The van der Waals surface area contributed by atoms with E-state index in [1.165, 1.54) is 17.7 Å². The number of hydrogen-bond acceptors (Lipinski definition) is 4. The molecule has 3 unspecified atom stereocenters. The standard InChI is InChI=1S/C17H25NO2S/c1-13(18)9-14-3-2-4-15(10-14)20-16-5-7-19-17(11-16)6-8-21-12-17/h2-4,10,13,16H,5-9,11-12,18H2,1H3. The smallest absolute Gasteiger partial charge is 0.119 e. The molecule has 116 valence electrons. The molecule has 4 heteroatoms. The molecule has 1 aromatic carbocycles. The maximum absolute atomic E-state index is 6.23. The molecular weight excluding hydrogens is 282 g/mol. The lowest BCUT2D eigenvalue weighted by Gasteiger charge is -2.37. The van der Waals surface area contributed by atoms with Crippen LogP contribution in [-0.2, 0) is 11.2 Å². The third-order valence-electron chi connectivity index (χ3n) is 4.27. The third-order valence-corrected chi connectivity index (χ3v) is 5.50. The van der Waals surface area contributed by atoms with Gasteiger partial charge in [-0.15, -0.1) is 0 Å². The zero-order valence-electron chi connectivity index (χ0n) is 12.7. The molecule has 1 aromatic rings. The Morgan fingerprint density at radius 2 is 2.43 bits per heavy atom. The van der Waals surface area contributed by atoms with Crippen LogP contribution < -0.4 is 10.5 Å². The first kappa shape index (κ1) is 15.2. The maximum Gasteiger partial charge on any atom is 0.119 e. The second-order valence-corrected chi connectivity index (χ2v) is 7.50. The maximum atomic E-state index is 6.23. The molecule has 2 fully saturated rings. The van der Waals surface area contributed by atoms with Crippen LogP contribution in [0, 0.1) is 0 Å². The molecule has 1 spiro atoms. The van der Waals surface area contributed by atoms with Crippen molar-refractivity contribution in [2.75, 3.05) is 18.1 Å². The zero-order chi connectivity index (χ0) is 14.7. The fourth-order valence-electron chi connectivity index (χ4n) is 3.26. The predicted octanol–water partition coefficient (Wildman–Crippen LogP) is 3.01. The Labute approximate surface area is 131 Å². The molecule has 3 nitrogen and oxygen atoms in total. The number of nitrogens with two attached hydrogens (primary N) is 1. The summed E-state index contributed by atoms with van der Waals surface area (Å²) in [6.07, 6.45) is 4.36. The third kappa shape index (κ3) is 3.93. The Kier molecular flexibility index (Phi) is 4.77. The van der Waals surface area contributed by atoms with Gasteiger partial charge in [0.25, 0.3) is 0 Å². The molecule has 2 N–H and O–H groups in total. The van der Waals surface area contributed by atoms with Crippen molar-refractivity contribution in [2.45, 2.75) is 50.4 Å². The molecule has 2 aliphatic heterocycles. The molecule has 0 aromatic heterocycles. The van der Waals surface area contributed by atoms with E-state index in [0.717, 1.165) is 37.4 Å². The molecule has 0 radical (unpaired) electrons. The number of thioether (sulfide) groups is 1. The predicted molar refractivity (Wildman–Crippen MR) is 88.1 cm³/mol. The normalized spacial score (nSPS) is 30.5. The van der Waals surface area contributed by atoms with Gasteiger partial charge in [-0.3, -0.25) is 0 Å². The number of hydrogen-bond donors (Lipinski definition) is 1. The summed E-state index contributed by atoms with van der Waals surface area (Å²) in [4.78, 5) is 0. The molecule has 0 amide bonds. The van der Waals surface area contributed by atoms with Gasteiger partial charge in [-0.05, 0) is 43.2 Å². The van der Waals surface area contributed by atoms with E-state index in [0.29, 0.717) is 0 Å². The highest BCUT2D eigenvalue weighted by atomic mass is 32.2. The molecule has 0 bridgehead atoms. The molecule has 2 heterocycles. The van der Waals surface area contributed by atoms with Crippen LogP contribution in [0.25, 0.3) is 0 Å². The van der Waals surface area contributed by atoms with Crippen molar-refractivity contribution < 1.29 is 9.47 Å². The minimum absolute atomic E-state index is 0.0803. The van der Waals surface area contributed by atoms with Gasteiger partial charge in [0, 0.05) is 24.6 Å². The molecular formula is C17H25NO2S. The van der Waals surface area contributed by atoms with E-state index in [4.69, 9.17) is 15.2 Å². The van der Waals surface area contributed by atoms with Crippen molar-refractivity contribution in [1.82, 2.24) is 0 Å². The van der Waals surface area contributed by atoms with Crippen molar-refractivity contribution in [2.24, 2.45) is 5.73 Å². The Hall–Kier alpha value is -0.710. The lowest BCUT2D eigenvalue weighted by molar-refractivity contribution is -0.0959. The fraction of sp³-hybridized carbons (Fsp3) is 0.647. The SMILES string of the molecule is CC(N)Cc1cccc(OC2CCOC3(CCSC3)C2)c1. The van der Waals surface area contributed by atoms with E-state index in [1.54, 1.807) is 0 Å². The van der Waals surface area contributed by atoms with Crippen LogP contribution in [0.1, 0.15) is 31.7 Å². The fourth-order valence-corrected chi connectivity index (χ4v) is 4.63. The van der Waals surface area contributed by atoms with Crippen molar-refractivity contribution in [1.29, 1.82) is 0 Å². The minimum Gasteiger partial charge on any atom is -0.490 e. The lowest BCUT2D eigenvalue weighted by Crippen LogP contribution is -2.43. The van der Waals surface area contributed by atoms with E-state index in [2.05, 4.69) is 24.3 Å². The summed E-state index contributed by atoms with van der Waals surface area (Å²) in [5.74, 6) is 3.31.